The van der Waals surface area contributed by atoms with Gasteiger partial charge in [0.15, 0.2) is 0 Å². The van der Waals surface area contributed by atoms with Crippen LogP contribution in [0.3, 0.4) is 0 Å². The van der Waals surface area contributed by atoms with Crippen LogP contribution in [0.2, 0.25) is 0 Å². The predicted molar refractivity (Wildman–Crippen MR) is 67.4 cm³/mol. The first-order chi connectivity index (χ1) is 7.76. The Hall–Kier alpha value is -1.08. The first kappa shape index (κ1) is 15.9. The molecule has 0 unspecified atom stereocenters. The number of rotatable bonds is 6. The van der Waals surface area contributed by atoms with E-state index < -0.39 is 0 Å². The lowest BCUT2D eigenvalue weighted by Crippen LogP contribution is -2.39. The minimum absolute atomic E-state index is 0.0381. The molecule has 17 heavy (non-hydrogen) atoms. The van der Waals surface area contributed by atoms with Crippen LogP contribution in [0.25, 0.3) is 0 Å². The van der Waals surface area contributed by atoms with Crippen molar-refractivity contribution in [2.45, 2.75) is 46.6 Å². The molecule has 1 amide bonds. The molecule has 98 valence electrons. The molecule has 0 N–H and O–H groups in total. The minimum atomic E-state index is -0.311. The first-order valence-electron chi connectivity index (χ1n) is 6.05. The van der Waals surface area contributed by atoms with Crippen LogP contribution in [0.5, 0.6) is 0 Å². The summed E-state index contributed by atoms with van der Waals surface area (Å²) in [7, 11) is 0. The molecule has 0 rings (SSSR count). The van der Waals surface area contributed by atoms with Crippen LogP contribution in [0, 0.1) is 17.2 Å². The molecule has 4 heteroatoms. The number of nitrogens with zero attached hydrogens (tertiary/aromatic N) is 2. The zero-order valence-corrected chi connectivity index (χ0v) is 11.6. The lowest BCUT2D eigenvalue weighted by molar-refractivity contribution is -0.141. The molecule has 0 radical (unpaired) electrons. The Bertz CT molecular complexity index is 274. The van der Waals surface area contributed by atoms with Gasteiger partial charge in [0.1, 0.15) is 6.61 Å². The van der Waals surface area contributed by atoms with Gasteiger partial charge < -0.3 is 9.64 Å². The van der Waals surface area contributed by atoms with Gasteiger partial charge >= 0.3 is 0 Å². The van der Waals surface area contributed by atoms with Gasteiger partial charge in [-0.3, -0.25) is 4.79 Å². The van der Waals surface area contributed by atoms with E-state index >= 15 is 0 Å². The van der Waals surface area contributed by atoms with Crippen LogP contribution in [-0.2, 0) is 9.53 Å². The van der Waals surface area contributed by atoms with Crippen molar-refractivity contribution in [2.24, 2.45) is 5.92 Å². The van der Waals surface area contributed by atoms with Gasteiger partial charge in [-0.05, 0) is 26.7 Å². The van der Waals surface area contributed by atoms with E-state index in [0.717, 1.165) is 0 Å². The number of carbonyl (C=O) groups is 1. The van der Waals surface area contributed by atoms with Gasteiger partial charge in [-0.15, -0.1) is 0 Å². The Morgan fingerprint density at radius 1 is 1.41 bits per heavy atom. The van der Waals surface area contributed by atoms with Crippen LogP contribution in [-0.4, -0.2) is 36.1 Å². The van der Waals surface area contributed by atoms with Crippen molar-refractivity contribution in [1.29, 1.82) is 5.26 Å². The summed E-state index contributed by atoms with van der Waals surface area (Å²) in [5, 5.41) is 8.57. The Kier molecular flexibility index (Phi) is 6.82. The molecule has 4 nitrogen and oxygen atoms in total. The number of hydrogen-bond donors (Lipinski definition) is 0. The molecule has 0 aromatic rings. The molecule has 0 bridgehead atoms. The Balaban J connectivity index is 4.27. The van der Waals surface area contributed by atoms with E-state index in [0.29, 0.717) is 25.4 Å². The average molecular weight is 240 g/mol. The Morgan fingerprint density at radius 3 is 2.41 bits per heavy atom. The van der Waals surface area contributed by atoms with Crippen molar-refractivity contribution in [3.63, 3.8) is 0 Å². The normalized spacial score (nSPS) is 11.4. The average Bonchev–Trinajstić information content (AvgIpc) is 2.19. The lowest BCUT2D eigenvalue weighted by Gasteiger charge is -2.26. The van der Waals surface area contributed by atoms with Crippen molar-refractivity contribution in [3.05, 3.63) is 0 Å². The fraction of sp³-hybridized carbons (Fsp3) is 0.846. The predicted octanol–water partition coefficient (Wildman–Crippen LogP) is 2.20. The lowest BCUT2D eigenvalue weighted by atomic mass is 10.2. The zero-order valence-electron chi connectivity index (χ0n) is 11.6. The second-order valence-corrected chi connectivity index (χ2v) is 5.54. The number of carbonyl (C=O) groups excluding carboxylic acids is 1. The minimum Gasteiger partial charge on any atom is -0.366 e. The van der Waals surface area contributed by atoms with Gasteiger partial charge in [-0.2, -0.15) is 5.26 Å². The van der Waals surface area contributed by atoms with Gasteiger partial charge in [0, 0.05) is 13.1 Å². The summed E-state index contributed by atoms with van der Waals surface area (Å²) >= 11 is 0. The van der Waals surface area contributed by atoms with Crippen LogP contribution < -0.4 is 0 Å². The molecule has 0 heterocycles. The molecule has 0 aliphatic carbocycles. The monoisotopic (exact) mass is 240 g/mol. The van der Waals surface area contributed by atoms with Crippen molar-refractivity contribution in [3.8, 4) is 6.07 Å². The summed E-state index contributed by atoms with van der Waals surface area (Å²) < 4.78 is 5.46. The zero-order chi connectivity index (χ0) is 13.5. The fourth-order valence-corrected chi connectivity index (χ4v) is 1.31. The smallest absolute Gasteiger partial charge is 0.248 e. The highest BCUT2D eigenvalue weighted by Crippen LogP contribution is 2.08. The maximum atomic E-state index is 11.9. The van der Waals surface area contributed by atoms with E-state index in [1.165, 1.54) is 0 Å². The third kappa shape index (κ3) is 8.70. The highest BCUT2D eigenvalue weighted by molar-refractivity contribution is 5.77. The van der Waals surface area contributed by atoms with E-state index in [1.54, 1.807) is 4.90 Å². The molecular formula is C13H24N2O2. The van der Waals surface area contributed by atoms with Crippen LogP contribution >= 0.6 is 0 Å². The third-order valence-electron chi connectivity index (χ3n) is 2.06. The van der Waals surface area contributed by atoms with Crippen molar-refractivity contribution >= 4 is 5.91 Å². The summed E-state index contributed by atoms with van der Waals surface area (Å²) in [4.78, 5) is 13.6. The quantitative estimate of drug-likeness (QED) is 0.715. The molecule has 0 saturated heterocycles. The fourth-order valence-electron chi connectivity index (χ4n) is 1.31. The SMILES string of the molecule is CC(C)CN(CCC#N)C(=O)COC(C)(C)C. The van der Waals surface area contributed by atoms with E-state index in [1.807, 2.05) is 20.8 Å². The standard InChI is InChI=1S/C13H24N2O2/c1-11(2)9-15(8-6-7-14)12(16)10-17-13(3,4)5/h11H,6,8-10H2,1-5H3. The molecule has 0 fully saturated rings. The highest BCUT2D eigenvalue weighted by Gasteiger charge is 2.18. The topological polar surface area (TPSA) is 53.3 Å². The number of hydrogen-bond acceptors (Lipinski definition) is 3. The molecule has 0 aromatic heterocycles. The van der Waals surface area contributed by atoms with Crippen LogP contribution in [0.15, 0.2) is 0 Å². The van der Waals surface area contributed by atoms with Gasteiger partial charge in [-0.25, -0.2) is 0 Å². The van der Waals surface area contributed by atoms with Gasteiger partial charge in [0.2, 0.25) is 5.91 Å². The largest absolute Gasteiger partial charge is 0.366 e. The second-order valence-electron chi connectivity index (χ2n) is 5.54. The van der Waals surface area contributed by atoms with E-state index in [2.05, 4.69) is 19.9 Å². The Labute approximate surface area is 105 Å². The van der Waals surface area contributed by atoms with Gasteiger partial charge in [0.05, 0.1) is 18.1 Å². The van der Waals surface area contributed by atoms with Crippen LogP contribution in [0.4, 0.5) is 0 Å². The molecule has 0 aliphatic heterocycles. The molecule has 0 aromatic carbocycles. The molecular weight excluding hydrogens is 216 g/mol. The highest BCUT2D eigenvalue weighted by atomic mass is 16.5. The second kappa shape index (κ2) is 7.29. The first-order valence-corrected chi connectivity index (χ1v) is 6.05. The molecule has 0 aliphatic rings. The molecule has 0 atom stereocenters. The number of ether oxygens (including phenoxy) is 1. The van der Waals surface area contributed by atoms with Crippen molar-refractivity contribution in [1.82, 2.24) is 4.90 Å². The maximum Gasteiger partial charge on any atom is 0.248 e. The summed E-state index contributed by atoms with van der Waals surface area (Å²) in [5.41, 5.74) is -0.311. The summed E-state index contributed by atoms with van der Waals surface area (Å²) in [6.45, 7) is 11.1. The Morgan fingerprint density at radius 2 is 2.00 bits per heavy atom. The third-order valence-corrected chi connectivity index (χ3v) is 2.06. The molecule has 0 spiro atoms. The summed E-state index contributed by atoms with van der Waals surface area (Å²) in [6.07, 6.45) is 0.369. The van der Waals surface area contributed by atoms with Gasteiger partial charge in [0.25, 0.3) is 0 Å². The van der Waals surface area contributed by atoms with E-state index in [9.17, 15) is 4.79 Å². The number of nitriles is 1. The summed E-state index contributed by atoms with van der Waals surface area (Å²) in [6, 6.07) is 2.06. The van der Waals surface area contributed by atoms with E-state index in [4.69, 9.17) is 10.00 Å². The summed E-state index contributed by atoms with van der Waals surface area (Å²) in [5.74, 6) is 0.358. The van der Waals surface area contributed by atoms with Gasteiger partial charge in [-0.1, -0.05) is 13.8 Å². The van der Waals surface area contributed by atoms with Crippen molar-refractivity contribution < 1.29 is 9.53 Å². The number of amides is 1. The maximum absolute atomic E-state index is 11.9. The molecule has 0 saturated carbocycles. The van der Waals surface area contributed by atoms with E-state index in [-0.39, 0.29) is 18.1 Å². The van der Waals surface area contributed by atoms with Crippen molar-refractivity contribution in [2.75, 3.05) is 19.7 Å². The van der Waals surface area contributed by atoms with Crippen LogP contribution in [0.1, 0.15) is 41.0 Å².